The third kappa shape index (κ3) is 3.00. The van der Waals surface area contributed by atoms with E-state index in [0.717, 1.165) is 25.2 Å². The van der Waals surface area contributed by atoms with Crippen molar-refractivity contribution in [2.75, 3.05) is 24.5 Å². The second-order valence-electron chi connectivity index (χ2n) is 8.07. The summed E-state index contributed by atoms with van der Waals surface area (Å²) in [6, 6.07) is 10.8. The van der Waals surface area contributed by atoms with Crippen molar-refractivity contribution in [1.82, 2.24) is 19.4 Å². The van der Waals surface area contributed by atoms with Crippen LogP contribution in [-0.2, 0) is 13.6 Å². The average molecular weight is 361 g/mol. The fraction of sp³-hybridized carbons (Fsp3) is 0.455. The largest absolute Gasteiger partial charge is 0.371 e. The van der Waals surface area contributed by atoms with E-state index in [1.807, 2.05) is 18.5 Å². The molecule has 140 valence electrons. The van der Waals surface area contributed by atoms with Crippen molar-refractivity contribution < 1.29 is 0 Å². The Kier molecular flexibility index (Phi) is 4.12. The average Bonchev–Trinajstić information content (AvgIpc) is 3.29. The van der Waals surface area contributed by atoms with Crippen LogP contribution >= 0.6 is 0 Å². The zero-order valence-corrected chi connectivity index (χ0v) is 16.0. The normalized spacial score (nSPS) is 20.0. The van der Waals surface area contributed by atoms with E-state index in [2.05, 4.69) is 61.8 Å². The number of aryl methyl sites for hydroxylation is 1. The number of benzene rings is 1. The highest BCUT2D eigenvalue weighted by Crippen LogP contribution is 2.40. The molecule has 5 rings (SSSR count). The highest BCUT2D eigenvalue weighted by molar-refractivity contribution is 5.82. The van der Waals surface area contributed by atoms with Gasteiger partial charge in [0.05, 0.1) is 12.1 Å². The molecular weight excluding hydrogens is 334 g/mol. The number of nitrogens with zero attached hydrogens (tertiary/aromatic N) is 5. The molecule has 0 amide bonds. The standard InChI is InChI=1S/C22H27N5/c1-25-15-11-24-21(25)17-27-12-3-7-22(27)8-13-26(14-9-22)19-5-6-20-18(16-19)4-2-10-23-20/h2,4-6,10-11,15-16H,3,7-9,12-14,17H2,1H3. The van der Waals surface area contributed by atoms with Crippen LogP contribution in [0.1, 0.15) is 31.5 Å². The highest BCUT2D eigenvalue weighted by Gasteiger charge is 2.43. The van der Waals surface area contributed by atoms with Crippen molar-refractivity contribution >= 4 is 16.6 Å². The van der Waals surface area contributed by atoms with Gasteiger partial charge in [-0.2, -0.15) is 0 Å². The zero-order chi connectivity index (χ0) is 18.3. The Morgan fingerprint density at radius 2 is 1.89 bits per heavy atom. The molecule has 0 atom stereocenters. The molecule has 0 N–H and O–H groups in total. The number of rotatable bonds is 3. The van der Waals surface area contributed by atoms with Gasteiger partial charge < -0.3 is 9.47 Å². The molecule has 5 heteroatoms. The second-order valence-corrected chi connectivity index (χ2v) is 8.07. The molecule has 0 radical (unpaired) electrons. The van der Waals surface area contributed by atoms with Gasteiger partial charge in [-0.1, -0.05) is 6.07 Å². The van der Waals surface area contributed by atoms with E-state index in [0.29, 0.717) is 5.54 Å². The van der Waals surface area contributed by atoms with E-state index in [9.17, 15) is 0 Å². The van der Waals surface area contributed by atoms with Gasteiger partial charge in [-0.25, -0.2) is 4.98 Å². The first-order chi connectivity index (χ1) is 13.2. The Bertz CT molecular complexity index is 939. The number of fused-ring (bicyclic) bond motifs is 1. The summed E-state index contributed by atoms with van der Waals surface area (Å²) in [4.78, 5) is 14.3. The minimum Gasteiger partial charge on any atom is -0.371 e. The summed E-state index contributed by atoms with van der Waals surface area (Å²) < 4.78 is 2.16. The van der Waals surface area contributed by atoms with Crippen LogP contribution in [0.4, 0.5) is 5.69 Å². The number of piperidine rings is 1. The summed E-state index contributed by atoms with van der Waals surface area (Å²) in [7, 11) is 2.10. The molecular formula is C22H27N5. The Morgan fingerprint density at radius 1 is 1.00 bits per heavy atom. The van der Waals surface area contributed by atoms with Gasteiger partial charge in [0.2, 0.25) is 0 Å². The molecule has 0 aliphatic carbocycles. The zero-order valence-electron chi connectivity index (χ0n) is 16.0. The van der Waals surface area contributed by atoms with Gasteiger partial charge >= 0.3 is 0 Å². The number of likely N-dealkylation sites (tertiary alicyclic amines) is 1. The van der Waals surface area contributed by atoms with Crippen molar-refractivity contribution in [1.29, 1.82) is 0 Å². The van der Waals surface area contributed by atoms with Gasteiger partial charge in [-0.3, -0.25) is 9.88 Å². The molecule has 27 heavy (non-hydrogen) atoms. The van der Waals surface area contributed by atoms with Crippen LogP contribution in [0.25, 0.3) is 10.9 Å². The molecule has 4 heterocycles. The first-order valence-electron chi connectivity index (χ1n) is 10.0. The highest BCUT2D eigenvalue weighted by atomic mass is 15.3. The van der Waals surface area contributed by atoms with Gasteiger partial charge in [-0.15, -0.1) is 0 Å². The summed E-state index contributed by atoms with van der Waals surface area (Å²) in [5.41, 5.74) is 2.77. The topological polar surface area (TPSA) is 37.2 Å². The van der Waals surface area contributed by atoms with Crippen molar-refractivity contribution in [2.24, 2.45) is 7.05 Å². The maximum absolute atomic E-state index is 4.55. The number of pyridine rings is 1. The molecule has 1 spiro atoms. The molecule has 2 aliphatic heterocycles. The molecule has 5 nitrogen and oxygen atoms in total. The van der Waals surface area contributed by atoms with Crippen LogP contribution in [0.2, 0.25) is 0 Å². The van der Waals surface area contributed by atoms with Crippen LogP contribution < -0.4 is 4.90 Å². The van der Waals surface area contributed by atoms with Crippen LogP contribution in [0, 0.1) is 0 Å². The van der Waals surface area contributed by atoms with Crippen LogP contribution in [-0.4, -0.2) is 44.6 Å². The Morgan fingerprint density at radius 3 is 2.70 bits per heavy atom. The molecule has 1 aromatic carbocycles. The van der Waals surface area contributed by atoms with E-state index >= 15 is 0 Å². The molecule has 2 fully saturated rings. The maximum atomic E-state index is 4.55. The third-order valence-corrected chi connectivity index (χ3v) is 6.64. The van der Waals surface area contributed by atoms with Crippen LogP contribution in [0.3, 0.4) is 0 Å². The molecule has 3 aromatic rings. The summed E-state index contributed by atoms with van der Waals surface area (Å²) in [5, 5.41) is 1.23. The number of imidazole rings is 1. The predicted molar refractivity (Wildman–Crippen MR) is 109 cm³/mol. The van der Waals surface area contributed by atoms with E-state index in [1.54, 1.807) is 0 Å². The Hall–Kier alpha value is -2.40. The number of aromatic nitrogens is 3. The van der Waals surface area contributed by atoms with Crippen molar-refractivity contribution in [3.05, 3.63) is 54.7 Å². The molecule has 0 unspecified atom stereocenters. The van der Waals surface area contributed by atoms with E-state index in [-0.39, 0.29) is 0 Å². The van der Waals surface area contributed by atoms with Crippen LogP contribution in [0.15, 0.2) is 48.9 Å². The van der Waals surface area contributed by atoms with Gasteiger partial charge in [0.25, 0.3) is 0 Å². The summed E-state index contributed by atoms with van der Waals surface area (Å²) in [6.45, 7) is 4.44. The van der Waals surface area contributed by atoms with Crippen molar-refractivity contribution in [3.8, 4) is 0 Å². The summed E-state index contributed by atoms with van der Waals surface area (Å²) >= 11 is 0. The van der Waals surface area contributed by atoms with Gasteiger partial charge in [0, 0.05) is 55.3 Å². The van der Waals surface area contributed by atoms with Crippen molar-refractivity contribution in [3.63, 3.8) is 0 Å². The lowest BCUT2D eigenvalue weighted by Crippen LogP contribution is -2.52. The van der Waals surface area contributed by atoms with Gasteiger partial charge in [0.1, 0.15) is 5.82 Å². The third-order valence-electron chi connectivity index (χ3n) is 6.64. The van der Waals surface area contributed by atoms with Gasteiger partial charge in [0.15, 0.2) is 0 Å². The lowest BCUT2D eigenvalue weighted by Gasteiger charge is -2.45. The first kappa shape index (κ1) is 16.8. The SMILES string of the molecule is Cn1ccnc1CN1CCCC12CCN(c1ccc3ncccc3c1)CC2. The van der Waals surface area contributed by atoms with E-state index in [4.69, 9.17) is 0 Å². The van der Waals surface area contributed by atoms with Crippen LogP contribution in [0.5, 0.6) is 0 Å². The molecule has 2 aliphatic rings. The fourth-order valence-corrected chi connectivity index (χ4v) is 4.97. The second kappa shape index (κ2) is 6.64. The lowest BCUT2D eigenvalue weighted by atomic mass is 9.84. The first-order valence-corrected chi connectivity index (χ1v) is 10.0. The molecule has 0 saturated carbocycles. The number of hydrogen-bond acceptors (Lipinski definition) is 4. The summed E-state index contributed by atoms with van der Waals surface area (Å²) in [5.74, 6) is 1.18. The minimum absolute atomic E-state index is 0.362. The van der Waals surface area contributed by atoms with E-state index in [1.165, 1.54) is 49.1 Å². The summed E-state index contributed by atoms with van der Waals surface area (Å²) in [6.07, 6.45) is 10.9. The minimum atomic E-state index is 0.362. The van der Waals surface area contributed by atoms with Gasteiger partial charge in [-0.05, 0) is 56.5 Å². The van der Waals surface area contributed by atoms with Crippen molar-refractivity contribution in [2.45, 2.75) is 37.8 Å². The van der Waals surface area contributed by atoms with E-state index < -0.39 is 0 Å². The molecule has 0 bridgehead atoms. The Balaban J connectivity index is 1.31. The predicted octanol–water partition coefficient (Wildman–Crippen LogP) is 3.60. The number of anilines is 1. The smallest absolute Gasteiger partial charge is 0.122 e. The molecule has 2 saturated heterocycles. The lowest BCUT2D eigenvalue weighted by molar-refractivity contribution is 0.0962. The Labute approximate surface area is 160 Å². The maximum Gasteiger partial charge on any atom is 0.122 e. The molecule has 2 aromatic heterocycles. The number of hydrogen-bond donors (Lipinski definition) is 0. The monoisotopic (exact) mass is 361 g/mol. The quantitative estimate of drug-likeness (QED) is 0.714. The fourth-order valence-electron chi connectivity index (χ4n) is 4.97.